The van der Waals surface area contributed by atoms with Gasteiger partial charge in [-0.1, -0.05) is 0 Å². The summed E-state index contributed by atoms with van der Waals surface area (Å²) in [5.41, 5.74) is 0.566. The number of benzene rings is 2. The molecule has 8 nitrogen and oxygen atoms in total. The molecule has 5 rings (SSSR count). The van der Waals surface area contributed by atoms with E-state index < -0.39 is 17.8 Å². The van der Waals surface area contributed by atoms with E-state index in [1.54, 1.807) is 30.3 Å². The summed E-state index contributed by atoms with van der Waals surface area (Å²) < 4.78 is 29.3. The van der Waals surface area contributed by atoms with Gasteiger partial charge in [0, 0.05) is 11.6 Å². The van der Waals surface area contributed by atoms with Gasteiger partial charge >= 0.3 is 6.03 Å². The minimum Gasteiger partial charge on any atom is -0.457 e. The van der Waals surface area contributed by atoms with Crippen molar-refractivity contribution in [2.45, 2.75) is 0 Å². The second-order valence-corrected chi connectivity index (χ2v) is 6.70. The number of barbiturate groups is 1. The van der Waals surface area contributed by atoms with E-state index in [0.29, 0.717) is 22.8 Å². The SMILES string of the molecule is O=C1NC(=O)N(c2ccc3c(c2)OCO3)C(=O)C1=Cc1ccc(-c2ccc(F)cc2)o1. The lowest BCUT2D eigenvalue weighted by Gasteiger charge is -2.26. The highest BCUT2D eigenvalue weighted by Gasteiger charge is 2.37. The molecule has 154 valence electrons. The normalized spacial score (nSPS) is 16.7. The van der Waals surface area contributed by atoms with Crippen molar-refractivity contribution in [3.63, 3.8) is 0 Å². The van der Waals surface area contributed by atoms with E-state index in [-0.39, 0.29) is 29.6 Å². The van der Waals surface area contributed by atoms with Crippen LogP contribution in [0.4, 0.5) is 14.9 Å². The van der Waals surface area contributed by atoms with Gasteiger partial charge in [-0.25, -0.2) is 14.1 Å². The summed E-state index contributed by atoms with van der Waals surface area (Å²) in [7, 11) is 0. The second-order valence-electron chi connectivity index (χ2n) is 6.70. The van der Waals surface area contributed by atoms with Crippen molar-refractivity contribution in [3.05, 3.63) is 71.7 Å². The lowest BCUT2D eigenvalue weighted by Crippen LogP contribution is -2.54. The third kappa shape index (κ3) is 3.31. The number of hydrogen-bond acceptors (Lipinski definition) is 6. The molecule has 1 saturated heterocycles. The van der Waals surface area contributed by atoms with Crippen LogP contribution in [0.3, 0.4) is 0 Å². The number of nitrogens with zero attached hydrogens (tertiary/aromatic N) is 1. The Balaban J connectivity index is 1.47. The maximum absolute atomic E-state index is 13.1. The zero-order valence-corrected chi connectivity index (χ0v) is 15.8. The predicted octanol–water partition coefficient (Wildman–Crippen LogP) is 3.48. The molecule has 0 spiro atoms. The van der Waals surface area contributed by atoms with Crippen molar-refractivity contribution in [3.8, 4) is 22.8 Å². The number of carbonyl (C=O) groups excluding carboxylic acids is 3. The van der Waals surface area contributed by atoms with Gasteiger partial charge in [-0.15, -0.1) is 0 Å². The van der Waals surface area contributed by atoms with Gasteiger partial charge in [-0.05, 0) is 54.6 Å². The van der Waals surface area contributed by atoms with Crippen molar-refractivity contribution in [2.75, 3.05) is 11.7 Å². The van der Waals surface area contributed by atoms with E-state index in [1.165, 1.54) is 30.3 Å². The Hall–Kier alpha value is -4.40. The Bertz CT molecular complexity index is 1260. The van der Waals surface area contributed by atoms with Gasteiger partial charge in [0.25, 0.3) is 11.8 Å². The number of ether oxygens (including phenoxy) is 2. The van der Waals surface area contributed by atoms with Crippen molar-refractivity contribution < 1.29 is 32.7 Å². The van der Waals surface area contributed by atoms with E-state index in [1.807, 2.05) is 0 Å². The molecule has 4 amide bonds. The number of anilines is 1. The summed E-state index contributed by atoms with van der Waals surface area (Å²) in [6, 6.07) is 12.6. The summed E-state index contributed by atoms with van der Waals surface area (Å²) in [5.74, 6) is -0.508. The van der Waals surface area contributed by atoms with Gasteiger partial charge in [0.1, 0.15) is 22.9 Å². The first-order valence-corrected chi connectivity index (χ1v) is 9.16. The molecule has 0 atom stereocenters. The van der Waals surface area contributed by atoms with Crippen LogP contribution in [0.1, 0.15) is 5.76 Å². The van der Waals surface area contributed by atoms with Crippen LogP contribution in [0.15, 0.2) is 64.6 Å². The zero-order chi connectivity index (χ0) is 21.5. The van der Waals surface area contributed by atoms with Crippen molar-refractivity contribution in [1.82, 2.24) is 5.32 Å². The van der Waals surface area contributed by atoms with E-state index in [2.05, 4.69) is 5.32 Å². The molecule has 0 saturated carbocycles. The first-order chi connectivity index (χ1) is 15.0. The standard InChI is InChI=1S/C22H13FN2O6/c23-13-3-1-12(2-4-13)17-8-6-15(31-17)10-16-20(26)24-22(28)25(21(16)27)14-5-7-18-19(9-14)30-11-29-18/h1-10H,11H2,(H,24,26,28). The van der Waals surface area contributed by atoms with Crippen LogP contribution >= 0.6 is 0 Å². The molecule has 1 fully saturated rings. The average molecular weight is 420 g/mol. The number of amides is 4. The van der Waals surface area contributed by atoms with Gasteiger partial charge in [-0.2, -0.15) is 0 Å². The number of urea groups is 1. The molecule has 0 radical (unpaired) electrons. The number of hydrogen-bond donors (Lipinski definition) is 1. The van der Waals surface area contributed by atoms with Gasteiger partial charge in [0.15, 0.2) is 11.5 Å². The fourth-order valence-corrected chi connectivity index (χ4v) is 3.26. The number of rotatable bonds is 3. The van der Waals surface area contributed by atoms with Crippen molar-refractivity contribution >= 4 is 29.6 Å². The molecule has 1 N–H and O–H groups in total. The molecule has 9 heteroatoms. The molecule has 1 aromatic heterocycles. The van der Waals surface area contributed by atoms with E-state index in [9.17, 15) is 18.8 Å². The molecular weight excluding hydrogens is 407 g/mol. The van der Waals surface area contributed by atoms with Crippen LogP contribution in [-0.2, 0) is 9.59 Å². The minimum absolute atomic E-state index is 0.0391. The number of halogens is 1. The fourth-order valence-electron chi connectivity index (χ4n) is 3.26. The molecule has 2 aromatic carbocycles. The van der Waals surface area contributed by atoms with Gasteiger partial charge in [-0.3, -0.25) is 14.9 Å². The largest absolute Gasteiger partial charge is 0.457 e. The van der Waals surface area contributed by atoms with Gasteiger partial charge < -0.3 is 13.9 Å². The number of nitrogens with one attached hydrogen (secondary N) is 1. The molecule has 3 heterocycles. The quantitative estimate of drug-likeness (QED) is 0.515. The monoisotopic (exact) mass is 420 g/mol. The number of furan rings is 1. The Labute approximate surface area is 174 Å². The fraction of sp³-hybridized carbons (Fsp3) is 0.0455. The van der Waals surface area contributed by atoms with E-state index in [0.717, 1.165) is 4.90 Å². The first-order valence-electron chi connectivity index (χ1n) is 9.16. The third-order valence-electron chi connectivity index (χ3n) is 4.76. The summed E-state index contributed by atoms with van der Waals surface area (Å²) in [6.45, 7) is 0.0391. The number of fused-ring (bicyclic) bond motifs is 1. The number of carbonyl (C=O) groups is 3. The van der Waals surface area contributed by atoms with Crippen LogP contribution in [0.5, 0.6) is 11.5 Å². The van der Waals surface area contributed by atoms with Crippen molar-refractivity contribution in [2.24, 2.45) is 0 Å². The Morgan fingerprint density at radius 2 is 1.71 bits per heavy atom. The van der Waals surface area contributed by atoms with Gasteiger partial charge in [0.05, 0.1) is 5.69 Å². The van der Waals surface area contributed by atoms with Gasteiger partial charge in [0.2, 0.25) is 6.79 Å². The summed E-state index contributed by atoms with van der Waals surface area (Å²) in [4.78, 5) is 38.5. The Kier molecular flexibility index (Phi) is 4.28. The molecule has 31 heavy (non-hydrogen) atoms. The van der Waals surface area contributed by atoms with Crippen LogP contribution in [0.25, 0.3) is 17.4 Å². The highest BCUT2D eigenvalue weighted by Crippen LogP contribution is 2.36. The first kappa shape index (κ1) is 18.6. The van der Waals surface area contributed by atoms with Crippen LogP contribution in [0, 0.1) is 5.82 Å². The summed E-state index contributed by atoms with van der Waals surface area (Å²) in [6.07, 6.45) is 1.25. The third-order valence-corrected chi connectivity index (χ3v) is 4.76. The topological polar surface area (TPSA) is 98.1 Å². The van der Waals surface area contributed by atoms with E-state index >= 15 is 0 Å². The van der Waals surface area contributed by atoms with E-state index in [4.69, 9.17) is 13.9 Å². The molecule has 3 aromatic rings. The molecule has 2 aliphatic heterocycles. The Morgan fingerprint density at radius 1 is 0.935 bits per heavy atom. The highest BCUT2D eigenvalue weighted by atomic mass is 19.1. The van der Waals surface area contributed by atoms with Crippen molar-refractivity contribution in [1.29, 1.82) is 0 Å². The number of imide groups is 2. The highest BCUT2D eigenvalue weighted by molar-refractivity contribution is 6.39. The maximum atomic E-state index is 13.1. The Morgan fingerprint density at radius 3 is 2.52 bits per heavy atom. The lowest BCUT2D eigenvalue weighted by molar-refractivity contribution is -0.122. The van der Waals surface area contributed by atoms with Crippen LogP contribution in [-0.4, -0.2) is 24.6 Å². The molecular formula is C22H13FN2O6. The molecule has 0 bridgehead atoms. The van der Waals surface area contributed by atoms with Crippen LogP contribution in [0.2, 0.25) is 0 Å². The zero-order valence-electron chi connectivity index (χ0n) is 15.8. The molecule has 2 aliphatic rings. The van der Waals surface area contributed by atoms with Crippen LogP contribution < -0.4 is 19.7 Å². The maximum Gasteiger partial charge on any atom is 0.335 e. The molecule has 0 unspecified atom stereocenters. The second kappa shape index (κ2) is 7.13. The summed E-state index contributed by atoms with van der Waals surface area (Å²) >= 11 is 0. The smallest absolute Gasteiger partial charge is 0.335 e. The predicted molar refractivity (Wildman–Crippen MR) is 106 cm³/mol. The minimum atomic E-state index is -0.877. The summed E-state index contributed by atoms with van der Waals surface area (Å²) in [5, 5.41) is 2.14. The average Bonchev–Trinajstić information content (AvgIpc) is 3.40. The molecule has 0 aliphatic carbocycles. The lowest BCUT2D eigenvalue weighted by atomic mass is 10.1.